The van der Waals surface area contributed by atoms with Crippen molar-refractivity contribution in [3.05, 3.63) is 54.1 Å². The molecule has 0 bridgehead atoms. The zero-order valence-corrected chi connectivity index (χ0v) is 11.6. The minimum absolute atomic E-state index is 0.102. The number of rotatable bonds is 4. The number of anilines is 1. The highest BCUT2D eigenvalue weighted by atomic mass is 32.2. The molecule has 2 N–H and O–H groups in total. The minimum Gasteiger partial charge on any atom is -0.478 e. The van der Waals surface area contributed by atoms with Gasteiger partial charge in [-0.1, -0.05) is 11.8 Å². The van der Waals surface area contributed by atoms with Crippen molar-refractivity contribution in [2.24, 2.45) is 0 Å². The smallest absolute Gasteiger partial charge is 0.335 e. The number of nitrogens with one attached hydrogen (secondary N) is 1. The number of benzene rings is 2. The molecule has 5 heteroatoms. The second-order valence-corrected chi connectivity index (χ2v) is 5.28. The van der Waals surface area contributed by atoms with E-state index < -0.39 is 5.97 Å². The summed E-state index contributed by atoms with van der Waals surface area (Å²) in [6, 6.07) is 14.2. The van der Waals surface area contributed by atoms with Crippen LogP contribution < -0.4 is 5.32 Å². The molecule has 0 aliphatic rings. The van der Waals surface area contributed by atoms with Crippen LogP contribution in [0, 0.1) is 0 Å². The molecule has 0 saturated carbocycles. The summed E-state index contributed by atoms with van der Waals surface area (Å²) in [6.45, 7) is 1.46. The molecule has 0 fully saturated rings. The van der Waals surface area contributed by atoms with Crippen LogP contribution in [0.25, 0.3) is 0 Å². The molecule has 20 heavy (non-hydrogen) atoms. The van der Waals surface area contributed by atoms with Gasteiger partial charge in [0.2, 0.25) is 5.91 Å². The first-order valence-electron chi connectivity index (χ1n) is 5.93. The highest BCUT2D eigenvalue weighted by Crippen LogP contribution is 2.28. The second kappa shape index (κ2) is 6.25. The Bertz CT molecular complexity index is 621. The van der Waals surface area contributed by atoms with Crippen molar-refractivity contribution in [1.82, 2.24) is 0 Å². The van der Waals surface area contributed by atoms with Gasteiger partial charge >= 0.3 is 5.97 Å². The van der Waals surface area contributed by atoms with Gasteiger partial charge in [-0.15, -0.1) is 0 Å². The standard InChI is InChI=1S/C15H13NO3S/c1-10(17)16-12-4-8-14(9-5-12)20-13-6-2-11(3-7-13)15(18)19/h2-9H,1H3,(H,16,17)(H,18,19). The third-order valence-corrected chi connectivity index (χ3v) is 3.53. The molecule has 2 aromatic carbocycles. The molecule has 2 rings (SSSR count). The Morgan fingerprint density at radius 2 is 1.45 bits per heavy atom. The van der Waals surface area contributed by atoms with Crippen LogP contribution in [-0.4, -0.2) is 17.0 Å². The number of carbonyl (C=O) groups is 2. The molecular weight excluding hydrogens is 274 g/mol. The number of carboxylic acids is 1. The normalized spacial score (nSPS) is 10.1. The van der Waals surface area contributed by atoms with Crippen LogP contribution in [0.1, 0.15) is 17.3 Å². The molecule has 4 nitrogen and oxygen atoms in total. The summed E-state index contributed by atoms with van der Waals surface area (Å²) in [5.41, 5.74) is 1.03. The van der Waals surface area contributed by atoms with Crippen molar-refractivity contribution in [3.8, 4) is 0 Å². The van der Waals surface area contributed by atoms with Crippen molar-refractivity contribution in [2.75, 3.05) is 5.32 Å². The van der Waals surface area contributed by atoms with Crippen molar-refractivity contribution in [2.45, 2.75) is 16.7 Å². The van der Waals surface area contributed by atoms with Crippen LogP contribution in [0.4, 0.5) is 5.69 Å². The van der Waals surface area contributed by atoms with E-state index >= 15 is 0 Å². The lowest BCUT2D eigenvalue weighted by molar-refractivity contribution is -0.114. The predicted octanol–water partition coefficient (Wildman–Crippen LogP) is 3.49. The monoisotopic (exact) mass is 287 g/mol. The van der Waals surface area contributed by atoms with Gasteiger partial charge in [0.25, 0.3) is 0 Å². The van der Waals surface area contributed by atoms with E-state index in [4.69, 9.17) is 5.11 Å². The molecule has 102 valence electrons. The van der Waals surface area contributed by atoms with Crippen molar-refractivity contribution in [3.63, 3.8) is 0 Å². The van der Waals surface area contributed by atoms with E-state index in [1.54, 1.807) is 24.3 Å². The zero-order chi connectivity index (χ0) is 14.5. The highest BCUT2D eigenvalue weighted by molar-refractivity contribution is 7.99. The van der Waals surface area contributed by atoms with E-state index in [0.717, 1.165) is 15.5 Å². The van der Waals surface area contributed by atoms with Crippen molar-refractivity contribution < 1.29 is 14.7 Å². The van der Waals surface area contributed by atoms with Gasteiger partial charge in [-0.05, 0) is 48.5 Å². The maximum absolute atomic E-state index is 10.9. The zero-order valence-electron chi connectivity index (χ0n) is 10.8. The lowest BCUT2D eigenvalue weighted by Gasteiger charge is -2.05. The van der Waals surface area contributed by atoms with Crippen LogP contribution in [0.5, 0.6) is 0 Å². The van der Waals surface area contributed by atoms with Crippen LogP contribution in [0.2, 0.25) is 0 Å². The Morgan fingerprint density at radius 3 is 1.90 bits per heavy atom. The van der Waals surface area contributed by atoms with Crippen LogP contribution in [0.15, 0.2) is 58.3 Å². The van der Waals surface area contributed by atoms with Gasteiger partial charge in [0.15, 0.2) is 0 Å². The molecule has 1 amide bonds. The van der Waals surface area contributed by atoms with Crippen molar-refractivity contribution >= 4 is 29.3 Å². The molecule has 0 radical (unpaired) electrons. The molecular formula is C15H13NO3S. The molecule has 0 spiro atoms. The van der Waals surface area contributed by atoms with Crippen LogP contribution >= 0.6 is 11.8 Å². The van der Waals surface area contributed by atoms with Crippen LogP contribution in [-0.2, 0) is 4.79 Å². The molecule has 0 heterocycles. The second-order valence-electron chi connectivity index (χ2n) is 4.14. The van der Waals surface area contributed by atoms with E-state index in [1.807, 2.05) is 24.3 Å². The molecule has 0 unspecified atom stereocenters. The van der Waals surface area contributed by atoms with Gasteiger partial charge < -0.3 is 10.4 Å². The van der Waals surface area contributed by atoms with Gasteiger partial charge in [0, 0.05) is 22.4 Å². The topological polar surface area (TPSA) is 66.4 Å². The number of carboxylic acid groups (broad SMARTS) is 1. The first-order chi connectivity index (χ1) is 9.54. The Morgan fingerprint density at radius 1 is 0.950 bits per heavy atom. The number of carbonyl (C=O) groups excluding carboxylic acids is 1. The Hall–Kier alpha value is -2.27. The van der Waals surface area contributed by atoms with Gasteiger partial charge in [0.05, 0.1) is 5.56 Å². The third-order valence-electron chi connectivity index (χ3n) is 2.51. The summed E-state index contributed by atoms with van der Waals surface area (Å²) in [4.78, 5) is 23.6. The summed E-state index contributed by atoms with van der Waals surface area (Å²) >= 11 is 1.53. The summed E-state index contributed by atoms with van der Waals surface area (Å²) in [7, 11) is 0. The van der Waals surface area contributed by atoms with E-state index in [0.29, 0.717) is 0 Å². The number of hydrogen-bond acceptors (Lipinski definition) is 3. The third kappa shape index (κ3) is 3.86. The summed E-state index contributed by atoms with van der Waals surface area (Å²) in [5, 5.41) is 11.5. The molecule has 0 aromatic heterocycles. The molecule has 0 atom stereocenters. The SMILES string of the molecule is CC(=O)Nc1ccc(Sc2ccc(C(=O)O)cc2)cc1. The Labute approximate surface area is 120 Å². The molecule has 0 aliphatic heterocycles. The maximum Gasteiger partial charge on any atom is 0.335 e. The quantitative estimate of drug-likeness (QED) is 0.903. The fourth-order valence-electron chi connectivity index (χ4n) is 1.61. The van der Waals surface area contributed by atoms with Gasteiger partial charge in [-0.25, -0.2) is 4.79 Å². The molecule has 0 saturated heterocycles. The maximum atomic E-state index is 10.9. The lowest BCUT2D eigenvalue weighted by atomic mass is 10.2. The minimum atomic E-state index is -0.929. The van der Waals surface area contributed by atoms with E-state index in [9.17, 15) is 9.59 Å². The summed E-state index contributed by atoms with van der Waals surface area (Å²) < 4.78 is 0. The number of amides is 1. The van der Waals surface area contributed by atoms with Crippen LogP contribution in [0.3, 0.4) is 0 Å². The Kier molecular flexibility index (Phi) is 4.42. The number of hydrogen-bond donors (Lipinski definition) is 2. The average Bonchev–Trinajstić information content (AvgIpc) is 2.41. The fraction of sp³-hybridized carbons (Fsp3) is 0.0667. The van der Waals surface area contributed by atoms with Gasteiger partial charge in [-0.3, -0.25) is 4.79 Å². The fourth-order valence-corrected chi connectivity index (χ4v) is 2.43. The van der Waals surface area contributed by atoms with Gasteiger partial charge in [-0.2, -0.15) is 0 Å². The highest BCUT2D eigenvalue weighted by Gasteiger charge is 2.03. The summed E-state index contributed by atoms with van der Waals surface area (Å²) in [5.74, 6) is -1.03. The van der Waals surface area contributed by atoms with E-state index in [1.165, 1.54) is 18.7 Å². The lowest BCUT2D eigenvalue weighted by Crippen LogP contribution is -2.05. The van der Waals surface area contributed by atoms with Gasteiger partial charge in [0.1, 0.15) is 0 Å². The van der Waals surface area contributed by atoms with Crippen molar-refractivity contribution in [1.29, 1.82) is 0 Å². The molecule has 0 aliphatic carbocycles. The first kappa shape index (κ1) is 14.1. The largest absolute Gasteiger partial charge is 0.478 e. The average molecular weight is 287 g/mol. The van der Waals surface area contributed by atoms with E-state index in [-0.39, 0.29) is 11.5 Å². The summed E-state index contributed by atoms with van der Waals surface area (Å²) in [6.07, 6.45) is 0. The predicted molar refractivity (Wildman–Crippen MR) is 78.3 cm³/mol. The first-order valence-corrected chi connectivity index (χ1v) is 6.75. The number of aromatic carboxylic acids is 1. The van der Waals surface area contributed by atoms with E-state index in [2.05, 4.69) is 5.32 Å². The Balaban J connectivity index is 2.06. The molecule has 2 aromatic rings.